The van der Waals surface area contributed by atoms with Gasteiger partial charge in [0, 0.05) is 6.54 Å². The first-order valence-corrected chi connectivity index (χ1v) is 4.97. The van der Waals surface area contributed by atoms with E-state index in [-0.39, 0.29) is 11.9 Å². The van der Waals surface area contributed by atoms with Crippen molar-refractivity contribution in [3.05, 3.63) is 0 Å². The molecule has 0 spiro atoms. The molecule has 0 heterocycles. The van der Waals surface area contributed by atoms with Crippen molar-refractivity contribution in [1.82, 2.24) is 0 Å². The van der Waals surface area contributed by atoms with Crippen molar-refractivity contribution < 1.29 is 0 Å². The quantitative estimate of drug-likeness (QED) is 0.429. The van der Waals surface area contributed by atoms with Crippen LogP contribution in [0.15, 0.2) is 9.98 Å². The smallest absolute Gasteiger partial charge is 0.218 e. The van der Waals surface area contributed by atoms with Gasteiger partial charge in [-0.3, -0.25) is 4.99 Å². The SMILES string of the molecule is CC1CCC(CN=C(N)N=C(N)N)C1. The number of guanidine groups is 2. The number of rotatable bonds is 2. The molecule has 0 radical (unpaired) electrons. The summed E-state index contributed by atoms with van der Waals surface area (Å²) in [5, 5.41) is 0. The molecule has 0 aromatic heterocycles. The van der Waals surface area contributed by atoms with Crippen molar-refractivity contribution in [3.8, 4) is 0 Å². The summed E-state index contributed by atoms with van der Waals surface area (Å²) in [6.45, 7) is 3.01. The Balaban J connectivity index is 2.35. The second kappa shape index (κ2) is 4.83. The molecule has 0 saturated heterocycles. The van der Waals surface area contributed by atoms with Crippen LogP contribution >= 0.6 is 0 Å². The van der Waals surface area contributed by atoms with Crippen LogP contribution in [0.25, 0.3) is 0 Å². The molecule has 0 aromatic carbocycles. The summed E-state index contributed by atoms with van der Waals surface area (Å²) < 4.78 is 0. The Labute approximate surface area is 84.5 Å². The molecule has 1 saturated carbocycles. The highest BCUT2D eigenvalue weighted by molar-refractivity contribution is 5.92. The summed E-state index contributed by atoms with van der Waals surface area (Å²) in [5.74, 6) is 1.62. The molecule has 0 bridgehead atoms. The third-order valence-corrected chi connectivity index (χ3v) is 2.56. The van der Waals surface area contributed by atoms with Crippen molar-refractivity contribution in [2.45, 2.75) is 26.2 Å². The summed E-state index contributed by atoms with van der Waals surface area (Å²) in [6, 6.07) is 0. The molecule has 1 fully saturated rings. The summed E-state index contributed by atoms with van der Waals surface area (Å²) in [5.41, 5.74) is 15.8. The Morgan fingerprint density at radius 3 is 2.50 bits per heavy atom. The second-order valence-corrected chi connectivity index (χ2v) is 4.02. The third-order valence-electron chi connectivity index (χ3n) is 2.56. The van der Waals surface area contributed by atoms with Crippen molar-refractivity contribution >= 4 is 11.9 Å². The van der Waals surface area contributed by atoms with Crippen LogP contribution in [-0.2, 0) is 0 Å². The van der Waals surface area contributed by atoms with Crippen molar-refractivity contribution in [2.24, 2.45) is 39.0 Å². The predicted molar refractivity (Wildman–Crippen MR) is 58.8 cm³/mol. The van der Waals surface area contributed by atoms with E-state index in [2.05, 4.69) is 16.9 Å². The Morgan fingerprint density at radius 1 is 1.29 bits per heavy atom. The maximum Gasteiger partial charge on any atom is 0.218 e. The van der Waals surface area contributed by atoms with Gasteiger partial charge < -0.3 is 17.2 Å². The predicted octanol–water partition coefficient (Wildman–Crippen LogP) is 0.0107. The molecule has 6 N–H and O–H groups in total. The third kappa shape index (κ3) is 3.64. The van der Waals surface area contributed by atoms with Crippen LogP contribution in [0.5, 0.6) is 0 Å². The zero-order valence-corrected chi connectivity index (χ0v) is 8.61. The van der Waals surface area contributed by atoms with Crippen LogP contribution in [0.1, 0.15) is 26.2 Å². The lowest BCUT2D eigenvalue weighted by Gasteiger charge is -2.04. The van der Waals surface area contributed by atoms with Gasteiger partial charge >= 0.3 is 0 Å². The summed E-state index contributed by atoms with van der Waals surface area (Å²) in [7, 11) is 0. The van der Waals surface area contributed by atoms with Crippen LogP contribution in [0.2, 0.25) is 0 Å². The number of hydrogen-bond donors (Lipinski definition) is 3. The number of nitrogens with zero attached hydrogens (tertiary/aromatic N) is 2. The minimum atomic E-state index is -0.0361. The lowest BCUT2D eigenvalue weighted by molar-refractivity contribution is 0.526. The number of nitrogens with two attached hydrogens (primary N) is 3. The van der Waals surface area contributed by atoms with E-state index in [0.29, 0.717) is 5.92 Å². The zero-order valence-electron chi connectivity index (χ0n) is 8.61. The summed E-state index contributed by atoms with van der Waals surface area (Å²) in [6.07, 6.45) is 3.76. The van der Waals surface area contributed by atoms with Crippen LogP contribution in [0.4, 0.5) is 0 Å². The van der Waals surface area contributed by atoms with Crippen LogP contribution in [0.3, 0.4) is 0 Å². The molecular formula is C9H19N5. The molecular weight excluding hydrogens is 178 g/mol. The molecule has 5 nitrogen and oxygen atoms in total. The van der Waals surface area contributed by atoms with Crippen LogP contribution < -0.4 is 17.2 Å². The first-order valence-electron chi connectivity index (χ1n) is 4.97. The van der Waals surface area contributed by atoms with E-state index in [0.717, 1.165) is 12.5 Å². The lowest BCUT2D eigenvalue weighted by Crippen LogP contribution is -2.26. The minimum Gasteiger partial charge on any atom is -0.370 e. The van der Waals surface area contributed by atoms with E-state index in [1.165, 1.54) is 19.3 Å². The molecule has 2 unspecified atom stereocenters. The molecule has 0 amide bonds. The highest BCUT2D eigenvalue weighted by atomic mass is 15.1. The second-order valence-electron chi connectivity index (χ2n) is 4.02. The minimum absolute atomic E-state index is 0.0361. The van der Waals surface area contributed by atoms with Gasteiger partial charge in [0.05, 0.1) is 0 Å². The normalized spacial score (nSPS) is 27.6. The topological polar surface area (TPSA) is 103 Å². The van der Waals surface area contributed by atoms with Gasteiger partial charge in [0.15, 0.2) is 5.96 Å². The average Bonchev–Trinajstić information content (AvgIpc) is 2.47. The zero-order chi connectivity index (χ0) is 10.6. The lowest BCUT2D eigenvalue weighted by atomic mass is 10.1. The van der Waals surface area contributed by atoms with E-state index in [4.69, 9.17) is 17.2 Å². The molecule has 1 aliphatic carbocycles. The maximum atomic E-state index is 5.49. The molecule has 0 aliphatic heterocycles. The Hall–Kier alpha value is -1.26. The fourth-order valence-corrected chi connectivity index (χ4v) is 1.88. The first-order chi connectivity index (χ1) is 6.58. The number of hydrogen-bond acceptors (Lipinski definition) is 1. The Kier molecular flexibility index (Phi) is 3.73. The molecule has 0 aromatic rings. The van der Waals surface area contributed by atoms with Crippen molar-refractivity contribution in [1.29, 1.82) is 0 Å². The van der Waals surface area contributed by atoms with E-state index in [1.54, 1.807) is 0 Å². The van der Waals surface area contributed by atoms with Gasteiger partial charge in [-0.15, -0.1) is 0 Å². The maximum absolute atomic E-state index is 5.49. The highest BCUT2D eigenvalue weighted by Crippen LogP contribution is 2.30. The Morgan fingerprint density at radius 2 is 2.00 bits per heavy atom. The van der Waals surface area contributed by atoms with E-state index in [1.807, 2.05) is 0 Å². The molecule has 2 atom stereocenters. The van der Waals surface area contributed by atoms with Gasteiger partial charge in [-0.2, -0.15) is 4.99 Å². The van der Waals surface area contributed by atoms with Crippen molar-refractivity contribution in [3.63, 3.8) is 0 Å². The molecule has 1 rings (SSSR count). The highest BCUT2D eigenvalue weighted by Gasteiger charge is 2.20. The van der Waals surface area contributed by atoms with Crippen LogP contribution in [0, 0.1) is 11.8 Å². The van der Waals surface area contributed by atoms with Gasteiger partial charge in [-0.25, -0.2) is 0 Å². The van der Waals surface area contributed by atoms with Gasteiger partial charge in [-0.1, -0.05) is 13.3 Å². The first kappa shape index (κ1) is 10.8. The fourth-order valence-electron chi connectivity index (χ4n) is 1.88. The number of aliphatic imine (C=N–C) groups is 2. The Bertz CT molecular complexity index is 242. The summed E-state index contributed by atoms with van der Waals surface area (Å²) in [4.78, 5) is 7.79. The molecule has 80 valence electrons. The fraction of sp³-hybridized carbons (Fsp3) is 0.778. The van der Waals surface area contributed by atoms with Gasteiger partial charge in [0.25, 0.3) is 0 Å². The molecule has 5 heteroatoms. The van der Waals surface area contributed by atoms with Gasteiger partial charge in [0.1, 0.15) is 0 Å². The summed E-state index contributed by atoms with van der Waals surface area (Å²) >= 11 is 0. The van der Waals surface area contributed by atoms with Crippen LogP contribution in [-0.4, -0.2) is 18.5 Å². The van der Waals surface area contributed by atoms with Gasteiger partial charge in [-0.05, 0) is 24.7 Å². The monoisotopic (exact) mass is 197 g/mol. The molecule has 14 heavy (non-hydrogen) atoms. The standard InChI is InChI=1S/C9H19N5/c1-6-2-3-7(4-6)5-13-9(12)14-8(10)11/h6-7H,2-5H2,1H3,(H6,10,11,12,13,14). The van der Waals surface area contributed by atoms with E-state index < -0.39 is 0 Å². The average molecular weight is 197 g/mol. The van der Waals surface area contributed by atoms with E-state index in [9.17, 15) is 0 Å². The largest absolute Gasteiger partial charge is 0.370 e. The van der Waals surface area contributed by atoms with Gasteiger partial charge in [0.2, 0.25) is 5.96 Å². The van der Waals surface area contributed by atoms with Crippen molar-refractivity contribution in [2.75, 3.05) is 6.54 Å². The van der Waals surface area contributed by atoms with E-state index >= 15 is 0 Å². The molecule has 1 aliphatic rings.